The first-order chi connectivity index (χ1) is 8.22. The number of fused-ring (bicyclic) bond motifs is 1. The van der Waals surface area contributed by atoms with Crippen LogP contribution in [0.2, 0.25) is 0 Å². The second kappa shape index (κ2) is 4.61. The highest BCUT2D eigenvalue weighted by Crippen LogP contribution is 2.22. The van der Waals surface area contributed by atoms with Gasteiger partial charge in [0.05, 0.1) is 0 Å². The van der Waals surface area contributed by atoms with Crippen molar-refractivity contribution in [3.63, 3.8) is 0 Å². The Morgan fingerprint density at radius 1 is 1.00 bits per heavy atom. The Hall–Kier alpha value is -2.42. The summed E-state index contributed by atoms with van der Waals surface area (Å²) in [4.78, 5) is 21.4. The number of carboxylic acids is 1. The minimum absolute atomic E-state index is 0.605. The van der Waals surface area contributed by atoms with Crippen molar-refractivity contribution in [1.29, 1.82) is 0 Å². The van der Waals surface area contributed by atoms with Gasteiger partial charge in [-0.3, -0.25) is 4.79 Å². The second-order valence-electron chi connectivity index (χ2n) is 3.58. The molecule has 2 aromatic rings. The molecule has 0 amide bonds. The van der Waals surface area contributed by atoms with Crippen LogP contribution in [-0.4, -0.2) is 17.4 Å². The predicted octanol–water partition coefficient (Wildman–Crippen LogP) is 2.75. The Morgan fingerprint density at radius 2 is 1.59 bits per heavy atom. The molecule has 3 nitrogen and oxygen atoms in total. The lowest BCUT2D eigenvalue weighted by Crippen LogP contribution is -1.88. The minimum Gasteiger partial charge on any atom is -0.478 e. The fourth-order valence-electron chi connectivity index (χ4n) is 1.75. The molecule has 0 fully saturated rings. The molecule has 2 rings (SSSR count). The first-order valence-corrected chi connectivity index (χ1v) is 5.10. The molecule has 0 atom stereocenters. The van der Waals surface area contributed by atoms with E-state index in [0.29, 0.717) is 5.56 Å². The lowest BCUT2D eigenvalue weighted by molar-refractivity contribution is -0.131. The van der Waals surface area contributed by atoms with Gasteiger partial charge in [-0.25, -0.2) is 4.79 Å². The maximum Gasteiger partial charge on any atom is 0.328 e. The van der Waals surface area contributed by atoms with Crippen molar-refractivity contribution in [2.24, 2.45) is 0 Å². The second-order valence-corrected chi connectivity index (χ2v) is 3.58. The highest BCUT2D eigenvalue weighted by Gasteiger charge is 2.03. The summed E-state index contributed by atoms with van der Waals surface area (Å²) >= 11 is 0. The molecular weight excluding hydrogens is 216 g/mol. The highest BCUT2D eigenvalue weighted by atomic mass is 16.4. The van der Waals surface area contributed by atoms with Crippen LogP contribution in [0.5, 0.6) is 0 Å². The van der Waals surface area contributed by atoms with Gasteiger partial charge in [-0.1, -0.05) is 36.4 Å². The van der Waals surface area contributed by atoms with Crippen molar-refractivity contribution in [2.75, 3.05) is 0 Å². The van der Waals surface area contributed by atoms with Crippen molar-refractivity contribution in [2.45, 2.75) is 0 Å². The molecule has 84 valence electrons. The van der Waals surface area contributed by atoms with Crippen molar-refractivity contribution in [3.05, 3.63) is 53.6 Å². The molecule has 0 aliphatic heterocycles. The zero-order valence-electron chi connectivity index (χ0n) is 8.96. The molecule has 3 heteroatoms. The SMILES string of the molecule is O=Cc1ccc(C=CC(=O)O)c2ccccc12. The quantitative estimate of drug-likeness (QED) is 0.646. The van der Waals surface area contributed by atoms with Crippen LogP contribution in [-0.2, 0) is 4.79 Å². The van der Waals surface area contributed by atoms with E-state index in [-0.39, 0.29) is 0 Å². The summed E-state index contributed by atoms with van der Waals surface area (Å²) in [5, 5.41) is 10.3. The maximum atomic E-state index is 10.9. The van der Waals surface area contributed by atoms with E-state index in [2.05, 4.69) is 0 Å². The number of hydrogen-bond acceptors (Lipinski definition) is 2. The number of aldehydes is 1. The Morgan fingerprint density at radius 3 is 2.18 bits per heavy atom. The summed E-state index contributed by atoms with van der Waals surface area (Å²) in [5.74, 6) is -0.992. The zero-order valence-corrected chi connectivity index (χ0v) is 8.96. The molecule has 0 heterocycles. The van der Waals surface area contributed by atoms with E-state index in [1.165, 1.54) is 6.08 Å². The molecule has 1 N–H and O–H groups in total. The van der Waals surface area contributed by atoms with E-state index in [4.69, 9.17) is 5.11 Å². The standard InChI is InChI=1S/C14H10O3/c15-9-11-6-5-10(7-8-14(16)17)12-3-1-2-4-13(11)12/h1-9H,(H,16,17). The molecule has 17 heavy (non-hydrogen) atoms. The Kier molecular flexibility index (Phi) is 3.01. The Bertz CT molecular complexity index is 612. The third-order valence-corrected chi connectivity index (χ3v) is 2.52. The molecule has 0 spiro atoms. The lowest BCUT2D eigenvalue weighted by atomic mass is 10.00. The number of hydrogen-bond donors (Lipinski definition) is 1. The Labute approximate surface area is 98.0 Å². The van der Waals surface area contributed by atoms with E-state index in [1.54, 1.807) is 12.1 Å². The first-order valence-electron chi connectivity index (χ1n) is 5.10. The number of carbonyl (C=O) groups is 2. The van der Waals surface area contributed by atoms with Gasteiger partial charge in [0.15, 0.2) is 6.29 Å². The van der Waals surface area contributed by atoms with Crippen LogP contribution >= 0.6 is 0 Å². The molecule has 0 saturated carbocycles. The number of rotatable bonds is 3. The minimum atomic E-state index is -0.992. The highest BCUT2D eigenvalue weighted by molar-refractivity contribution is 6.02. The van der Waals surface area contributed by atoms with Gasteiger partial charge in [0.1, 0.15) is 0 Å². The summed E-state index contributed by atoms with van der Waals surface area (Å²) in [5.41, 5.74) is 1.39. The van der Waals surface area contributed by atoms with Crippen LogP contribution in [0.1, 0.15) is 15.9 Å². The van der Waals surface area contributed by atoms with Crippen molar-refractivity contribution >= 4 is 29.1 Å². The summed E-state index contributed by atoms with van der Waals surface area (Å²) in [6, 6.07) is 10.8. The van der Waals surface area contributed by atoms with Gasteiger partial charge in [0.2, 0.25) is 0 Å². The predicted molar refractivity (Wildman–Crippen MR) is 66.0 cm³/mol. The molecule has 0 saturated heterocycles. The smallest absolute Gasteiger partial charge is 0.328 e. The summed E-state index contributed by atoms with van der Waals surface area (Å²) < 4.78 is 0. The van der Waals surface area contributed by atoms with E-state index in [0.717, 1.165) is 28.7 Å². The summed E-state index contributed by atoms with van der Waals surface area (Å²) in [7, 11) is 0. The third-order valence-electron chi connectivity index (χ3n) is 2.52. The molecule has 0 aliphatic carbocycles. The number of benzene rings is 2. The fraction of sp³-hybridized carbons (Fsp3) is 0. The average molecular weight is 226 g/mol. The van der Waals surface area contributed by atoms with Crippen LogP contribution in [0.15, 0.2) is 42.5 Å². The van der Waals surface area contributed by atoms with E-state index >= 15 is 0 Å². The van der Waals surface area contributed by atoms with E-state index in [1.807, 2.05) is 24.3 Å². The molecule has 0 radical (unpaired) electrons. The van der Waals surface area contributed by atoms with Gasteiger partial charge in [0, 0.05) is 11.6 Å². The zero-order chi connectivity index (χ0) is 12.3. The van der Waals surface area contributed by atoms with Gasteiger partial charge >= 0.3 is 5.97 Å². The van der Waals surface area contributed by atoms with Gasteiger partial charge < -0.3 is 5.11 Å². The summed E-state index contributed by atoms with van der Waals surface area (Å²) in [6.45, 7) is 0. The van der Waals surface area contributed by atoms with Crippen LogP contribution in [0.25, 0.3) is 16.8 Å². The van der Waals surface area contributed by atoms with Crippen LogP contribution < -0.4 is 0 Å². The molecule has 0 bridgehead atoms. The van der Waals surface area contributed by atoms with E-state index < -0.39 is 5.97 Å². The van der Waals surface area contributed by atoms with Crippen LogP contribution in [0, 0.1) is 0 Å². The van der Waals surface area contributed by atoms with E-state index in [9.17, 15) is 9.59 Å². The Balaban J connectivity index is 2.66. The normalized spacial score (nSPS) is 10.8. The third kappa shape index (κ3) is 2.23. The van der Waals surface area contributed by atoms with Crippen molar-refractivity contribution in [1.82, 2.24) is 0 Å². The average Bonchev–Trinajstić information content (AvgIpc) is 2.35. The maximum absolute atomic E-state index is 10.9. The van der Waals surface area contributed by atoms with Gasteiger partial charge in [-0.05, 0) is 22.4 Å². The molecule has 0 aliphatic rings. The van der Waals surface area contributed by atoms with Gasteiger partial charge in [0.25, 0.3) is 0 Å². The topological polar surface area (TPSA) is 54.4 Å². The fourth-order valence-corrected chi connectivity index (χ4v) is 1.75. The number of aliphatic carboxylic acids is 1. The lowest BCUT2D eigenvalue weighted by Gasteiger charge is -2.04. The van der Waals surface area contributed by atoms with Gasteiger partial charge in [-0.2, -0.15) is 0 Å². The molecule has 2 aromatic carbocycles. The van der Waals surface area contributed by atoms with Gasteiger partial charge in [-0.15, -0.1) is 0 Å². The van der Waals surface area contributed by atoms with Crippen molar-refractivity contribution in [3.8, 4) is 0 Å². The molecular formula is C14H10O3. The number of carboxylic acid groups (broad SMARTS) is 1. The molecule has 0 unspecified atom stereocenters. The van der Waals surface area contributed by atoms with Crippen LogP contribution in [0.4, 0.5) is 0 Å². The number of carbonyl (C=O) groups excluding carboxylic acids is 1. The largest absolute Gasteiger partial charge is 0.478 e. The summed E-state index contributed by atoms with van der Waals surface area (Å²) in [6.07, 6.45) is 3.41. The molecule has 0 aromatic heterocycles. The monoisotopic (exact) mass is 226 g/mol. The first kappa shape index (κ1) is 11.1. The van der Waals surface area contributed by atoms with Crippen molar-refractivity contribution < 1.29 is 14.7 Å². The van der Waals surface area contributed by atoms with Crippen LogP contribution in [0.3, 0.4) is 0 Å².